The third kappa shape index (κ3) is 4.51. The minimum absolute atomic E-state index is 0.0406. The molecule has 1 unspecified atom stereocenters. The molecule has 0 saturated carbocycles. The summed E-state index contributed by atoms with van der Waals surface area (Å²) in [4.78, 5) is 12.0. The van der Waals surface area contributed by atoms with Crippen LogP contribution in [0.3, 0.4) is 0 Å². The van der Waals surface area contributed by atoms with Crippen LogP contribution in [0.2, 0.25) is 0 Å². The number of nitrogens with one attached hydrogen (secondary N) is 1. The first-order valence-electron chi connectivity index (χ1n) is 9.33. The van der Waals surface area contributed by atoms with Gasteiger partial charge >= 0.3 is 0 Å². The van der Waals surface area contributed by atoms with Crippen LogP contribution in [0.5, 0.6) is 5.75 Å². The van der Waals surface area contributed by atoms with Crippen molar-refractivity contribution in [3.8, 4) is 5.75 Å². The summed E-state index contributed by atoms with van der Waals surface area (Å²) in [7, 11) is 0. The number of benzene rings is 2. The van der Waals surface area contributed by atoms with Crippen LogP contribution >= 0.6 is 0 Å². The van der Waals surface area contributed by atoms with Gasteiger partial charge in [0, 0.05) is 5.56 Å². The van der Waals surface area contributed by atoms with Gasteiger partial charge in [-0.05, 0) is 54.9 Å². The highest BCUT2D eigenvalue weighted by molar-refractivity contribution is 6.03. The molecule has 136 valence electrons. The number of fused-ring (bicyclic) bond motifs is 1. The predicted molar refractivity (Wildman–Crippen MR) is 105 cm³/mol. The molecule has 4 heteroatoms. The van der Waals surface area contributed by atoms with E-state index in [9.17, 15) is 4.79 Å². The summed E-state index contributed by atoms with van der Waals surface area (Å²) in [5.74, 6) is 0.982. The van der Waals surface area contributed by atoms with Crippen LogP contribution in [0, 0.1) is 0 Å². The minimum Gasteiger partial charge on any atom is -0.484 e. The first-order valence-corrected chi connectivity index (χ1v) is 9.33. The molecule has 0 aliphatic heterocycles. The Morgan fingerprint density at radius 1 is 1.15 bits per heavy atom. The molecule has 1 aliphatic rings. The van der Waals surface area contributed by atoms with Gasteiger partial charge < -0.3 is 4.74 Å². The lowest BCUT2D eigenvalue weighted by atomic mass is 9.90. The van der Waals surface area contributed by atoms with Gasteiger partial charge in [-0.2, -0.15) is 5.10 Å². The fourth-order valence-corrected chi connectivity index (χ4v) is 3.16. The van der Waals surface area contributed by atoms with E-state index < -0.39 is 0 Å². The maximum absolute atomic E-state index is 12.0. The summed E-state index contributed by atoms with van der Waals surface area (Å²) < 4.78 is 5.56. The van der Waals surface area contributed by atoms with Crippen molar-refractivity contribution >= 4 is 11.6 Å². The molecular weight excluding hydrogens is 324 g/mol. The third-order valence-corrected chi connectivity index (χ3v) is 4.93. The van der Waals surface area contributed by atoms with Crippen LogP contribution < -0.4 is 10.2 Å². The molecule has 0 aromatic heterocycles. The van der Waals surface area contributed by atoms with Crippen molar-refractivity contribution in [2.24, 2.45) is 5.10 Å². The van der Waals surface area contributed by atoms with Crippen molar-refractivity contribution < 1.29 is 9.53 Å². The summed E-state index contributed by atoms with van der Waals surface area (Å²) >= 11 is 0. The number of carbonyl (C=O) groups excluding carboxylic acids is 1. The second-order valence-corrected chi connectivity index (χ2v) is 6.77. The Hall–Kier alpha value is -2.62. The third-order valence-electron chi connectivity index (χ3n) is 4.93. The van der Waals surface area contributed by atoms with Gasteiger partial charge in [0.15, 0.2) is 6.61 Å². The van der Waals surface area contributed by atoms with Crippen molar-refractivity contribution in [1.82, 2.24) is 5.43 Å². The maximum atomic E-state index is 12.0. The smallest absolute Gasteiger partial charge is 0.277 e. The van der Waals surface area contributed by atoms with Gasteiger partial charge in [0.05, 0.1) is 5.71 Å². The Bertz CT molecular complexity index is 781. The summed E-state index contributed by atoms with van der Waals surface area (Å²) in [5.41, 5.74) is 7.29. The molecule has 26 heavy (non-hydrogen) atoms. The van der Waals surface area contributed by atoms with Gasteiger partial charge in [0.2, 0.25) is 0 Å². The van der Waals surface area contributed by atoms with E-state index in [1.165, 1.54) is 11.1 Å². The monoisotopic (exact) mass is 350 g/mol. The van der Waals surface area contributed by atoms with Gasteiger partial charge in [-0.15, -0.1) is 0 Å². The average molecular weight is 350 g/mol. The second-order valence-electron chi connectivity index (χ2n) is 6.77. The number of hydrogen-bond donors (Lipinski definition) is 1. The Morgan fingerprint density at radius 2 is 1.92 bits per heavy atom. The normalized spacial score (nSPS) is 16.0. The summed E-state index contributed by atoms with van der Waals surface area (Å²) in [6, 6.07) is 16.2. The van der Waals surface area contributed by atoms with Gasteiger partial charge in [0.1, 0.15) is 5.75 Å². The van der Waals surface area contributed by atoms with Crippen LogP contribution in [0.1, 0.15) is 55.7 Å². The lowest BCUT2D eigenvalue weighted by molar-refractivity contribution is -0.123. The molecule has 1 amide bonds. The van der Waals surface area contributed by atoms with Crippen molar-refractivity contribution in [2.75, 3.05) is 6.61 Å². The van der Waals surface area contributed by atoms with Gasteiger partial charge in [-0.1, -0.05) is 50.2 Å². The van der Waals surface area contributed by atoms with E-state index in [2.05, 4.69) is 48.6 Å². The molecule has 1 aliphatic carbocycles. The van der Waals surface area contributed by atoms with Crippen LogP contribution in [-0.2, 0) is 11.2 Å². The molecule has 2 aromatic rings. The molecule has 0 radical (unpaired) electrons. The topological polar surface area (TPSA) is 50.7 Å². The lowest BCUT2D eigenvalue weighted by Gasteiger charge is -2.17. The molecule has 3 rings (SSSR count). The van der Waals surface area contributed by atoms with Crippen LogP contribution in [0.4, 0.5) is 0 Å². The number of ether oxygens (including phenoxy) is 1. The van der Waals surface area contributed by atoms with E-state index >= 15 is 0 Å². The van der Waals surface area contributed by atoms with Gasteiger partial charge in [-0.25, -0.2) is 5.43 Å². The number of carbonyl (C=O) groups is 1. The fourth-order valence-electron chi connectivity index (χ4n) is 3.16. The lowest BCUT2D eigenvalue weighted by Crippen LogP contribution is -2.26. The summed E-state index contributed by atoms with van der Waals surface area (Å²) in [6.45, 7) is 4.33. The number of nitrogens with zero attached hydrogens (tertiary/aromatic N) is 1. The molecule has 1 atom stereocenters. The molecule has 0 spiro atoms. The standard InChI is InChI=1S/C22H26N2O2/c1-3-16(2)17-11-13-19(14-12-17)26-15-22(25)24-23-21-10-6-8-18-7-4-5-9-20(18)21/h4-5,7,9,11-14,16H,3,6,8,10,15H2,1-2H3,(H,24,25). The van der Waals surface area contributed by atoms with Crippen LogP contribution in [0.25, 0.3) is 0 Å². The van der Waals surface area contributed by atoms with Crippen molar-refractivity contribution in [2.45, 2.75) is 45.4 Å². The van der Waals surface area contributed by atoms with Gasteiger partial charge in [0.25, 0.3) is 5.91 Å². The molecular formula is C22H26N2O2. The molecule has 0 fully saturated rings. The van der Waals surface area contributed by atoms with Crippen molar-refractivity contribution in [3.05, 3.63) is 65.2 Å². The Balaban J connectivity index is 1.54. The molecule has 2 aromatic carbocycles. The zero-order valence-corrected chi connectivity index (χ0v) is 15.5. The SMILES string of the molecule is CCC(C)c1ccc(OCC(=O)NN=C2CCCc3ccccc32)cc1. The Kier molecular flexibility index (Phi) is 6.05. The molecule has 4 nitrogen and oxygen atoms in total. The Morgan fingerprint density at radius 3 is 2.69 bits per heavy atom. The summed E-state index contributed by atoms with van der Waals surface area (Å²) in [5, 5.41) is 4.32. The first-order chi connectivity index (χ1) is 12.7. The number of aryl methyl sites for hydroxylation is 1. The maximum Gasteiger partial charge on any atom is 0.277 e. The highest BCUT2D eigenvalue weighted by Crippen LogP contribution is 2.22. The average Bonchev–Trinajstić information content (AvgIpc) is 2.70. The van der Waals surface area contributed by atoms with E-state index in [0.29, 0.717) is 11.7 Å². The minimum atomic E-state index is -0.244. The zero-order chi connectivity index (χ0) is 18.4. The predicted octanol–water partition coefficient (Wildman–Crippen LogP) is 4.44. The van der Waals surface area contributed by atoms with Crippen LogP contribution in [-0.4, -0.2) is 18.2 Å². The number of hydrazone groups is 1. The quantitative estimate of drug-likeness (QED) is 0.783. The van der Waals surface area contributed by atoms with E-state index in [4.69, 9.17) is 4.74 Å². The fraction of sp³-hybridized carbons (Fsp3) is 0.364. The van der Waals surface area contributed by atoms with E-state index in [1.807, 2.05) is 24.3 Å². The Labute approximate surface area is 155 Å². The zero-order valence-electron chi connectivity index (χ0n) is 15.5. The molecule has 0 bridgehead atoms. The van der Waals surface area contributed by atoms with Crippen molar-refractivity contribution in [1.29, 1.82) is 0 Å². The number of rotatable bonds is 6. The number of hydrogen-bond acceptors (Lipinski definition) is 3. The highest BCUT2D eigenvalue weighted by Gasteiger charge is 2.15. The molecule has 0 saturated heterocycles. The highest BCUT2D eigenvalue weighted by atomic mass is 16.5. The summed E-state index contributed by atoms with van der Waals surface area (Å²) in [6.07, 6.45) is 4.12. The van der Waals surface area contributed by atoms with E-state index in [1.54, 1.807) is 0 Å². The number of amides is 1. The van der Waals surface area contributed by atoms with Gasteiger partial charge in [-0.3, -0.25) is 4.79 Å². The molecule has 1 N–H and O–H groups in total. The van der Waals surface area contributed by atoms with E-state index in [0.717, 1.165) is 37.0 Å². The van der Waals surface area contributed by atoms with Crippen LogP contribution in [0.15, 0.2) is 53.6 Å². The van der Waals surface area contributed by atoms with E-state index in [-0.39, 0.29) is 12.5 Å². The van der Waals surface area contributed by atoms with Crippen molar-refractivity contribution in [3.63, 3.8) is 0 Å². The molecule has 0 heterocycles. The largest absolute Gasteiger partial charge is 0.484 e. The first kappa shape index (κ1) is 18.2. The second kappa shape index (κ2) is 8.65.